The largest absolute Gasteiger partial charge is 0.495 e. The van der Waals surface area contributed by atoms with Crippen molar-refractivity contribution in [1.29, 1.82) is 0 Å². The molecule has 6 heteroatoms. The Morgan fingerprint density at radius 3 is 2.10 bits per heavy atom. The molecule has 2 unspecified atom stereocenters. The zero-order chi connectivity index (χ0) is 21.4. The summed E-state index contributed by atoms with van der Waals surface area (Å²) in [6.07, 6.45) is -0.364. The predicted octanol–water partition coefficient (Wildman–Crippen LogP) is 4.01. The molecule has 2 heterocycles. The van der Waals surface area contributed by atoms with Gasteiger partial charge in [0.25, 0.3) is 0 Å². The first-order chi connectivity index (χ1) is 14.2. The van der Waals surface area contributed by atoms with Crippen LogP contribution in [0.1, 0.15) is 77.0 Å². The Labute approximate surface area is 175 Å². The van der Waals surface area contributed by atoms with E-state index in [0.29, 0.717) is 34.6 Å². The first-order valence-corrected chi connectivity index (χ1v) is 10.2. The van der Waals surface area contributed by atoms with E-state index in [1.807, 2.05) is 27.7 Å². The Balaban J connectivity index is 1.83. The summed E-state index contributed by atoms with van der Waals surface area (Å²) in [6.45, 7) is 7.81. The number of hydrogen-bond acceptors (Lipinski definition) is 6. The molecule has 1 aliphatic carbocycles. The molecule has 0 radical (unpaired) electrons. The third-order valence-corrected chi connectivity index (χ3v) is 6.18. The highest BCUT2D eigenvalue weighted by Gasteiger charge is 2.47. The van der Waals surface area contributed by atoms with E-state index >= 15 is 0 Å². The molecule has 2 aliphatic heterocycles. The van der Waals surface area contributed by atoms with Gasteiger partial charge in [0.05, 0.1) is 36.0 Å². The first-order valence-electron chi connectivity index (χ1n) is 10.2. The van der Waals surface area contributed by atoms with Crippen LogP contribution in [0.3, 0.4) is 0 Å². The zero-order valence-corrected chi connectivity index (χ0v) is 17.7. The number of carbonyl (C=O) groups is 2. The quantitative estimate of drug-likeness (QED) is 0.638. The van der Waals surface area contributed by atoms with Crippen LogP contribution in [0.4, 0.5) is 0 Å². The maximum Gasteiger partial charge on any atom is 0.198 e. The van der Waals surface area contributed by atoms with Crippen LogP contribution in [0.15, 0.2) is 24.3 Å². The molecular formula is C24H24O6. The molecule has 1 saturated heterocycles. The van der Waals surface area contributed by atoms with Crippen molar-refractivity contribution in [3.63, 3.8) is 0 Å². The number of hydrogen-bond donors (Lipinski definition) is 0. The standard InChI is InChI=1S/C24H24O6/c1-11-12(2)29-23(28-11)16-15-10-24(3,4)30-21(15)17-18(22(16)27-5)20(26)14-9-7-6-8-13(14)19(17)25/h6-9,11-12,23H,10H2,1-5H3/t11-,12?,23?/m1/s1. The number of rotatable bonds is 2. The van der Waals surface area contributed by atoms with Gasteiger partial charge in [0.1, 0.15) is 17.1 Å². The van der Waals surface area contributed by atoms with E-state index < -0.39 is 11.9 Å². The van der Waals surface area contributed by atoms with Crippen LogP contribution in [-0.2, 0) is 15.9 Å². The van der Waals surface area contributed by atoms with E-state index in [4.69, 9.17) is 18.9 Å². The summed E-state index contributed by atoms with van der Waals surface area (Å²) in [6, 6.07) is 6.86. The lowest BCUT2D eigenvalue weighted by atomic mass is 9.80. The van der Waals surface area contributed by atoms with Gasteiger partial charge < -0.3 is 18.9 Å². The maximum absolute atomic E-state index is 13.5. The average molecular weight is 408 g/mol. The fourth-order valence-electron chi connectivity index (χ4n) is 4.62. The van der Waals surface area contributed by atoms with Crippen molar-refractivity contribution in [1.82, 2.24) is 0 Å². The molecule has 0 bridgehead atoms. The van der Waals surface area contributed by atoms with Crippen LogP contribution in [0.5, 0.6) is 11.5 Å². The molecule has 0 saturated carbocycles. The second-order valence-electron chi connectivity index (χ2n) is 8.76. The fourth-order valence-corrected chi connectivity index (χ4v) is 4.62. The molecule has 3 atom stereocenters. The zero-order valence-electron chi connectivity index (χ0n) is 17.7. The highest BCUT2D eigenvalue weighted by Crippen LogP contribution is 2.52. The molecule has 30 heavy (non-hydrogen) atoms. The minimum Gasteiger partial charge on any atom is -0.495 e. The third kappa shape index (κ3) is 2.57. The lowest BCUT2D eigenvalue weighted by molar-refractivity contribution is -0.0670. The number of methoxy groups -OCH3 is 1. The topological polar surface area (TPSA) is 71.1 Å². The summed E-state index contributed by atoms with van der Waals surface area (Å²) >= 11 is 0. The van der Waals surface area contributed by atoms with Crippen LogP contribution < -0.4 is 9.47 Å². The van der Waals surface area contributed by atoms with E-state index in [1.54, 1.807) is 24.3 Å². The summed E-state index contributed by atoms with van der Waals surface area (Å²) in [5, 5.41) is 0. The summed E-state index contributed by atoms with van der Waals surface area (Å²) in [5.41, 5.74) is 2.18. The van der Waals surface area contributed by atoms with Crippen LogP contribution in [-0.4, -0.2) is 36.5 Å². The van der Waals surface area contributed by atoms with E-state index in [2.05, 4.69) is 0 Å². The predicted molar refractivity (Wildman–Crippen MR) is 109 cm³/mol. The van der Waals surface area contributed by atoms with Crippen molar-refractivity contribution >= 4 is 11.6 Å². The Hall–Kier alpha value is -2.70. The summed E-state index contributed by atoms with van der Waals surface area (Å²) < 4.78 is 24.1. The van der Waals surface area contributed by atoms with Gasteiger partial charge in [0.15, 0.2) is 17.9 Å². The van der Waals surface area contributed by atoms with Crippen molar-refractivity contribution in [2.75, 3.05) is 7.11 Å². The molecular weight excluding hydrogens is 384 g/mol. The number of ketones is 2. The molecule has 5 rings (SSSR count). The molecule has 3 aliphatic rings. The van der Waals surface area contributed by atoms with Crippen LogP contribution in [0, 0.1) is 0 Å². The monoisotopic (exact) mass is 408 g/mol. The van der Waals surface area contributed by atoms with Crippen molar-refractivity contribution in [3.05, 3.63) is 57.6 Å². The minimum absolute atomic E-state index is 0.111. The maximum atomic E-state index is 13.5. The molecule has 0 amide bonds. The third-order valence-electron chi connectivity index (χ3n) is 6.18. The summed E-state index contributed by atoms with van der Waals surface area (Å²) in [7, 11) is 1.51. The van der Waals surface area contributed by atoms with Crippen LogP contribution in [0.25, 0.3) is 0 Å². The fraction of sp³-hybridized carbons (Fsp3) is 0.417. The van der Waals surface area contributed by atoms with Gasteiger partial charge in [0, 0.05) is 23.1 Å². The van der Waals surface area contributed by atoms with Gasteiger partial charge in [-0.2, -0.15) is 0 Å². The normalized spacial score (nSPS) is 26.1. The number of fused-ring (bicyclic) bond motifs is 4. The van der Waals surface area contributed by atoms with E-state index in [0.717, 1.165) is 5.56 Å². The van der Waals surface area contributed by atoms with Gasteiger partial charge >= 0.3 is 0 Å². The van der Waals surface area contributed by atoms with Gasteiger partial charge in [-0.05, 0) is 27.7 Å². The van der Waals surface area contributed by atoms with E-state index in [1.165, 1.54) is 7.11 Å². The highest BCUT2D eigenvalue weighted by atomic mass is 16.7. The highest BCUT2D eigenvalue weighted by molar-refractivity contribution is 6.30. The molecule has 2 aromatic rings. The van der Waals surface area contributed by atoms with Gasteiger partial charge in [0.2, 0.25) is 0 Å². The molecule has 0 spiro atoms. The molecule has 156 valence electrons. The second-order valence-corrected chi connectivity index (χ2v) is 8.76. The minimum atomic E-state index is -0.693. The number of carbonyl (C=O) groups excluding carboxylic acids is 2. The number of ether oxygens (including phenoxy) is 4. The first kappa shape index (κ1) is 19.3. The average Bonchev–Trinajstić information content (AvgIpc) is 3.21. The Kier molecular flexibility index (Phi) is 4.11. The van der Waals surface area contributed by atoms with Gasteiger partial charge in [-0.25, -0.2) is 0 Å². The summed E-state index contributed by atoms with van der Waals surface area (Å²) in [5.74, 6) is 0.296. The summed E-state index contributed by atoms with van der Waals surface area (Å²) in [4.78, 5) is 27.0. The van der Waals surface area contributed by atoms with Crippen LogP contribution in [0.2, 0.25) is 0 Å². The van der Waals surface area contributed by atoms with Gasteiger partial charge in [-0.15, -0.1) is 0 Å². The van der Waals surface area contributed by atoms with E-state index in [-0.39, 0.29) is 34.9 Å². The Bertz CT molecular complexity index is 1090. The lowest BCUT2D eigenvalue weighted by Crippen LogP contribution is -2.26. The van der Waals surface area contributed by atoms with Gasteiger partial charge in [-0.3, -0.25) is 9.59 Å². The van der Waals surface area contributed by atoms with Gasteiger partial charge in [-0.1, -0.05) is 24.3 Å². The van der Waals surface area contributed by atoms with Crippen molar-refractivity contribution in [2.45, 2.75) is 58.2 Å². The smallest absolute Gasteiger partial charge is 0.198 e. The van der Waals surface area contributed by atoms with Crippen molar-refractivity contribution < 1.29 is 28.5 Å². The van der Waals surface area contributed by atoms with Crippen molar-refractivity contribution in [2.24, 2.45) is 0 Å². The molecule has 0 N–H and O–H groups in total. The molecule has 2 aromatic carbocycles. The Morgan fingerprint density at radius 1 is 0.967 bits per heavy atom. The SMILES string of the molecule is COc1c2c(c3c(c1C1OC(C)[C@@H](C)O1)CC(C)(C)O3)C(=O)c1ccccc1C2=O. The number of benzene rings is 2. The van der Waals surface area contributed by atoms with Crippen LogP contribution >= 0.6 is 0 Å². The van der Waals surface area contributed by atoms with Crippen molar-refractivity contribution in [3.8, 4) is 11.5 Å². The molecule has 0 aromatic heterocycles. The molecule has 6 nitrogen and oxygen atoms in total. The second kappa shape index (κ2) is 6.40. The Morgan fingerprint density at radius 2 is 1.53 bits per heavy atom. The lowest BCUT2D eigenvalue weighted by Gasteiger charge is -2.26. The van der Waals surface area contributed by atoms with E-state index in [9.17, 15) is 9.59 Å². The molecule has 1 fully saturated rings.